The zero-order valence-corrected chi connectivity index (χ0v) is 11.3. The smallest absolute Gasteiger partial charge is 0.234 e. The number of carbonyl (C=O) groups is 1. The van der Waals surface area contributed by atoms with E-state index in [1.54, 1.807) is 18.2 Å². The van der Waals surface area contributed by atoms with E-state index in [1.165, 1.54) is 18.1 Å². The lowest BCUT2D eigenvalue weighted by atomic mass is 10.3. The quantitative estimate of drug-likeness (QED) is 0.852. The second-order valence-corrected chi connectivity index (χ2v) is 4.98. The molecule has 0 fully saturated rings. The minimum absolute atomic E-state index is 0.194. The number of amides is 1. The summed E-state index contributed by atoms with van der Waals surface area (Å²) < 4.78 is 0. The summed E-state index contributed by atoms with van der Waals surface area (Å²) in [6, 6.07) is 5.06. The van der Waals surface area contributed by atoms with Gasteiger partial charge >= 0.3 is 0 Å². The van der Waals surface area contributed by atoms with E-state index in [2.05, 4.69) is 20.5 Å². The number of thioether (sulfide) groups is 1. The van der Waals surface area contributed by atoms with E-state index in [0.29, 0.717) is 20.9 Å². The summed E-state index contributed by atoms with van der Waals surface area (Å²) in [5.74, 6) is 0.0125. The zero-order chi connectivity index (χ0) is 13.0. The molecule has 1 aromatic carbocycles. The van der Waals surface area contributed by atoms with Gasteiger partial charge in [-0.1, -0.05) is 41.0 Å². The van der Waals surface area contributed by atoms with Crippen molar-refractivity contribution in [2.45, 2.75) is 5.16 Å². The number of benzene rings is 1. The van der Waals surface area contributed by atoms with Crippen LogP contribution in [0.3, 0.4) is 0 Å². The highest BCUT2D eigenvalue weighted by molar-refractivity contribution is 7.99. The first-order chi connectivity index (χ1) is 8.66. The fourth-order valence-corrected chi connectivity index (χ4v) is 2.11. The van der Waals surface area contributed by atoms with E-state index in [4.69, 9.17) is 23.2 Å². The van der Waals surface area contributed by atoms with Crippen molar-refractivity contribution in [3.8, 4) is 0 Å². The van der Waals surface area contributed by atoms with Crippen LogP contribution < -0.4 is 5.32 Å². The lowest BCUT2D eigenvalue weighted by Crippen LogP contribution is -2.14. The fourth-order valence-electron chi connectivity index (χ4n) is 1.18. The SMILES string of the molecule is O=C(CSc1ncn[nH]1)Nc1cccc(Cl)c1Cl. The molecule has 2 rings (SSSR count). The van der Waals surface area contributed by atoms with Crippen LogP contribution in [-0.2, 0) is 4.79 Å². The van der Waals surface area contributed by atoms with Crippen molar-refractivity contribution in [1.29, 1.82) is 0 Å². The molecule has 0 saturated carbocycles. The Kier molecular flexibility index (Phi) is 4.46. The lowest BCUT2D eigenvalue weighted by Gasteiger charge is -2.07. The molecule has 5 nitrogen and oxygen atoms in total. The van der Waals surface area contributed by atoms with E-state index in [1.807, 2.05) is 0 Å². The number of carbonyl (C=O) groups excluding carboxylic acids is 1. The summed E-state index contributed by atoms with van der Waals surface area (Å²) in [5.41, 5.74) is 0.493. The summed E-state index contributed by atoms with van der Waals surface area (Å²) in [4.78, 5) is 15.6. The second-order valence-electron chi connectivity index (χ2n) is 3.23. The number of aromatic amines is 1. The summed E-state index contributed by atoms with van der Waals surface area (Å²) in [6.45, 7) is 0. The number of nitrogens with zero attached hydrogens (tertiary/aromatic N) is 2. The van der Waals surface area contributed by atoms with Gasteiger partial charge < -0.3 is 5.32 Å². The fraction of sp³-hybridized carbons (Fsp3) is 0.100. The molecule has 0 bridgehead atoms. The van der Waals surface area contributed by atoms with Crippen molar-refractivity contribution < 1.29 is 4.79 Å². The van der Waals surface area contributed by atoms with Crippen LogP contribution in [0.1, 0.15) is 0 Å². The zero-order valence-electron chi connectivity index (χ0n) is 8.98. The maximum Gasteiger partial charge on any atom is 0.234 e. The number of aromatic nitrogens is 3. The normalized spacial score (nSPS) is 10.3. The molecule has 1 aromatic heterocycles. The largest absolute Gasteiger partial charge is 0.324 e. The number of H-pyrrole nitrogens is 1. The van der Waals surface area contributed by atoms with Gasteiger partial charge in [0.1, 0.15) is 6.33 Å². The molecule has 1 amide bonds. The van der Waals surface area contributed by atoms with Gasteiger partial charge in [-0.15, -0.1) is 0 Å². The van der Waals surface area contributed by atoms with Crippen LogP contribution in [0, 0.1) is 0 Å². The van der Waals surface area contributed by atoms with Crippen molar-refractivity contribution in [2.24, 2.45) is 0 Å². The summed E-state index contributed by atoms with van der Waals surface area (Å²) in [5, 5.41) is 10.3. The maximum atomic E-state index is 11.7. The third kappa shape index (κ3) is 3.38. The third-order valence-corrected chi connectivity index (χ3v) is 3.65. The molecule has 0 radical (unpaired) electrons. The average molecular weight is 303 g/mol. The Balaban J connectivity index is 1.93. The lowest BCUT2D eigenvalue weighted by molar-refractivity contribution is -0.113. The Labute approximate surface area is 117 Å². The van der Waals surface area contributed by atoms with Gasteiger partial charge in [-0.3, -0.25) is 9.89 Å². The topological polar surface area (TPSA) is 70.7 Å². The molecule has 0 saturated heterocycles. The second kappa shape index (κ2) is 6.08. The van der Waals surface area contributed by atoms with Gasteiger partial charge in [-0.05, 0) is 12.1 Å². The van der Waals surface area contributed by atoms with Crippen LogP contribution in [-0.4, -0.2) is 26.8 Å². The Bertz CT molecular complexity index is 547. The molecule has 0 aliphatic carbocycles. The van der Waals surface area contributed by atoms with Gasteiger partial charge in [0.2, 0.25) is 5.91 Å². The Hall–Kier alpha value is -1.24. The van der Waals surface area contributed by atoms with Crippen LogP contribution in [0.25, 0.3) is 0 Å². The first kappa shape index (κ1) is 13.2. The van der Waals surface area contributed by atoms with Gasteiger partial charge in [0.25, 0.3) is 0 Å². The maximum absolute atomic E-state index is 11.7. The van der Waals surface area contributed by atoms with Crippen molar-refractivity contribution >= 4 is 46.6 Å². The van der Waals surface area contributed by atoms with Gasteiger partial charge in [-0.25, -0.2) is 4.98 Å². The molecule has 18 heavy (non-hydrogen) atoms. The summed E-state index contributed by atoms with van der Waals surface area (Å²) in [7, 11) is 0. The van der Waals surface area contributed by atoms with E-state index in [9.17, 15) is 4.79 Å². The molecule has 8 heteroatoms. The average Bonchev–Trinajstić information content (AvgIpc) is 2.86. The molecule has 2 N–H and O–H groups in total. The summed E-state index contributed by atoms with van der Waals surface area (Å²) >= 11 is 13.0. The summed E-state index contributed by atoms with van der Waals surface area (Å²) in [6.07, 6.45) is 1.38. The minimum Gasteiger partial charge on any atom is -0.324 e. The highest BCUT2D eigenvalue weighted by atomic mass is 35.5. The van der Waals surface area contributed by atoms with Crippen LogP contribution in [0.4, 0.5) is 5.69 Å². The van der Waals surface area contributed by atoms with Crippen molar-refractivity contribution in [3.63, 3.8) is 0 Å². The predicted molar refractivity (Wildman–Crippen MR) is 72.2 cm³/mol. The number of anilines is 1. The highest BCUT2D eigenvalue weighted by Gasteiger charge is 2.09. The number of rotatable bonds is 4. The van der Waals surface area contributed by atoms with Crippen molar-refractivity contribution in [3.05, 3.63) is 34.6 Å². The Morgan fingerprint density at radius 1 is 1.44 bits per heavy atom. The van der Waals surface area contributed by atoms with Crippen LogP contribution in [0.2, 0.25) is 10.0 Å². The molecule has 1 heterocycles. The molecule has 0 aliphatic heterocycles. The molecule has 0 spiro atoms. The molecule has 0 aliphatic rings. The van der Waals surface area contributed by atoms with Gasteiger partial charge in [0.15, 0.2) is 5.16 Å². The number of hydrogen-bond acceptors (Lipinski definition) is 4. The van der Waals surface area contributed by atoms with Crippen molar-refractivity contribution in [2.75, 3.05) is 11.1 Å². The molecular formula is C10H8Cl2N4OS. The standard InChI is InChI=1S/C10H8Cl2N4OS/c11-6-2-1-3-7(9(6)12)15-8(17)4-18-10-13-5-14-16-10/h1-3,5H,4H2,(H,15,17)(H,13,14,16). The highest BCUT2D eigenvalue weighted by Crippen LogP contribution is 2.29. The first-order valence-electron chi connectivity index (χ1n) is 4.89. The molecular weight excluding hydrogens is 295 g/mol. The van der Waals surface area contributed by atoms with Crippen LogP contribution in [0.5, 0.6) is 0 Å². The molecule has 2 aromatic rings. The van der Waals surface area contributed by atoms with Crippen molar-refractivity contribution in [1.82, 2.24) is 15.2 Å². The Morgan fingerprint density at radius 2 is 2.28 bits per heavy atom. The molecule has 94 valence electrons. The van der Waals surface area contributed by atoms with E-state index < -0.39 is 0 Å². The number of halogens is 2. The van der Waals surface area contributed by atoms with E-state index in [-0.39, 0.29) is 11.7 Å². The third-order valence-electron chi connectivity index (χ3n) is 1.96. The Morgan fingerprint density at radius 3 is 3.00 bits per heavy atom. The van der Waals surface area contributed by atoms with Gasteiger partial charge in [-0.2, -0.15) is 5.10 Å². The van der Waals surface area contributed by atoms with Crippen LogP contribution >= 0.6 is 35.0 Å². The number of nitrogens with one attached hydrogen (secondary N) is 2. The number of hydrogen-bond donors (Lipinski definition) is 2. The van der Waals surface area contributed by atoms with E-state index in [0.717, 1.165) is 0 Å². The molecule has 0 atom stereocenters. The van der Waals surface area contributed by atoms with Crippen LogP contribution in [0.15, 0.2) is 29.7 Å². The monoisotopic (exact) mass is 302 g/mol. The minimum atomic E-state index is -0.194. The van der Waals surface area contributed by atoms with E-state index >= 15 is 0 Å². The first-order valence-corrected chi connectivity index (χ1v) is 6.63. The molecule has 0 unspecified atom stereocenters. The van der Waals surface area contributed by atoms with Gasteiger partial charge in [0, 0.05) is 0 Å². The van der Waals surface area contributed by atoms with Gasteiger partial charge in [0.05, 0.1) is 21.5 Å². The predicted octanol–water partition coefficient (Wildman–Crippen LogP) is 2.84.